The van der Waals surface area contributed by atoms with E-state index in [1.165, 1.54) is 18.3 Å². The molecule has 4 aromatic rings. The molecule has 0 amide bonds. The van der Waals surface area contributed by atoms with Crippen molar-refractivity contribution in [3.8, 4) is 28.5 Å². The first-order valence-electron chi connectivity index (χ1n) is 11.4. The Morgan fingerprint density at radius 2 is 1.89 bits per heavy atom. The second kappa shape index (κ2) is 8.27. The number of ether oxygens (including phenoxy) is 3. The molecule has 3 aliphatic rings. The van der Waals surface area contributed by atoms with E-state index in [2.05, 4.69) is 9.72 Å². The number of nitrogens with two attached hydrogens (primary N) is 1. The van der Waals surface area contributed by atoms with Crippen LogP contribution in [-0.2, 0) is 10.2 Å². The summed E-state index contributed by atoms with van der Waals surface area (Å²) in [6.07, 6.45) is -0.832. The van der Waals surface area contributed by atoms with Crippen LogP contribution < -0.4 is 15.2 Å². The molecule has 198 valence electrons. The molecule has 2 saturated heterocycles. The molecular weight excluding hydrogens is 515 g/mol. The number of halogens is 5. The molecule has 38 heavy (non-hydrogen) atoms. The molecule has 8 nitrogen and oxygen atoms in total. The maximum absolute atomic E-state index is 15.4. The number of aliphatic hydroxyl groups excluding tert-OH is 1. The van der Waals surface area contributed by atoms with Crippen LogP contribution in [0.15, 0.2) is 48.8 Å². The van der Waals surface area contributed by atoms with Crippen LogP contribution in [0, 0.1) is 11.6 Å². The average Bonchev–Trinajstić information content (AvgIpc) is 3.52. The van der Waals surface area contributed by atoms with Gasteiger partial charge in [-0.1, -0.05) is 6.07 Å². The van der Waals surface area contributed by atoms with Gasteiger partial charge in [0.1, 0.15) is 34.4 Å². The normalized spacial score (nSPS) is 22.5. The Kier molecular flexibility index (Phi) is 5.30. The van der Waals surface area contributed by atoms with E-state index in [1.807, 2.05) is 0 Å². The topological polar surface area (TPSA) is 104 Å². The summed E-state index contributed by atoms with van der Waals surface area (Å²) in [4.78, 5) is 8.84. The van der Waals surface area contributed by atoms with Gasteiger partial charge < -0.3 is 25.1 Å². The number of aliphatic hydroxyl groups is 1. The molecule has 1 aliphatic carbocycles. The van der Waals surface area contributed by atoms with Crippen LogP contribution in [0.4, 0.5) is 27.8 Å². The van der Waals surface area contributed by atoms with Crippen LogP contribution >= 0.6 is 0 Å². The summed E-state index contributed by atoms with van der Waals surface area (Å²) in [6.45, 7) is 0.225. The van der Waals surface area contributed by atoms with E-state index in [4.69, 9.17) is 20.2 Å². The van der Waals surface area contributed by atoms with Crippen molar-refractivity contribution in [3.05, 3.63) is 66.3 Å². The van der Waals surface area contributed by atoms with Crippen LogP contribution in [0.25, 0.3) is 16.8 Å². The predicted molar refractivity (Wildman–Crippen MR) is 123 cm³/mol. The van der Waals surface area contributed by atoms with Gasteiger partial charge >= 0.3 is 6.36 Å². The van der Waals surface area contributed by atoms with E-state index in [0.29, 0.717) is 30.8 Å². The van der Waals surface area contributed by atoms with E-state index < -0.39 is 40.5 Å². The van der Waals surface area contributed by atoms with Crippen molar-refractivity contribution in [2.24, 2.45) is 0 Å². The number of benzene rings is 2. The van der Waals surface area contributed by atoms with E-state index >= 15 is 4.39 Å². The molecule has 3 fully saturated rings. The highest BCUT2D eigenvalue weighted by Crippen LogP contribution is 2.58. The first-order valence-corrected chi connectivity index (χ1v) is 11.4. The third-order valence-electron chi connectivity index (χ3n) is 6.90. The van der Waals surface area contributed by atoms with E-state index in [9.17, 15) is 22.7 Å². The smallest absolute Gasteiger partial charge is 0.454 e. The van der Waals surface area contributed by atoms with Crippen LogP contribution in [0.5, 0.6) is 17.2 Å². The number of imidazole rings is 1. The maximum Gasteiger partial charge on any atom is 0.573 e. The molecule has 0 unspecified atom stereocenters. The predicted octanol–water partition coefficient (Wildman–Crippen LogP) is 4.74. The zero-order valence-electron chi connectivity index (χ0n) is 19.4. The molecule has 13 heteroatoms. The number of hydrogen-bond acceptors (Lipinski definition) is 7. The number of alkyl halides is 3. The fourth-order valence-corrected chi connectivity index (χ4v) is 5.33. The Balaban J connectivity index is 1.36. The monoisotopic (exact) mass is 534 g/mol. The van der Waals surface area contributed by atoms with Crippen molar-refractivity contribution in [2.45, 2.75) is 30.2 Å². The molecule has 2 bridgehead atoms. The first kappa shape index (κ1) is 24.4. The number of rotatable bonds is 6. The Morgan fingerprint density at radius 1 is 1.13 bits per heavy atom. The van der Waals surface area contributed by atoms with Crippen LogP contribution in [-0.4, -0.2) is 44.7 Å². The number of nitrogens with zero attached hydrogens (tertiary/aromatic N) is 3. The summed E-state index contributed by atoms with van der Waals surface area (Å²) >= 11 is 0. The van der Waals surface area contributed by atoms with E-state index in [1.54, 1.807) is 10.6 Å². The fourth-order valence-electron chi connectivity index (χ4n) is 5.33. The zero-order chi connectivity index (χ0) is 26.9. The van der Waals surface area contributed by atoms with Crippen molar-refractivity contribution in [1.82, 2.24) is 14.4 Å². The van der Waals surface area contributed by atoms with Gasteiger partial charge in [-0.3, -0.25) is 4.40 Å². The molecule has 0 radical (unpaired) electrons. The van der Waals surface area contributed by atoms with Gasteiger partial charge in [-0.2, -0.15) is 4.39 Å². The molecule has 0 atom stereocenters. The van der Waals surface area contributed by atoms with Crippen molar-refractivity contribution in [1.29, 1.82) is 0 Å². The van der Waals surface area contributed by atoms with Crippen LogP contribution in [0.3, 0.4) is 0 Å². The highest BCUT2D eigenvalue weighted by molar-refractivity contribution is 5.86. The summed E-state index contributed by atoms with van der Waals surface area (Å²) < 4.78 is 84.0. The van der Waals surface area contributed by atoms with Gasteiger partial charge in [0.15, 0.2) is 11.5 Å². The molecule has 4 heterocycles. The van der Waals surface area contributed by atoms with Gasteiger partial charge in [0, 0.05) is 24.0 Å². The van der Waals surface area contributed by atoms with Crippen LogP contribution in [0.1, 0.15) is 18.7 Å². The number of anilines is 1. The second-order valence-electron chi connectivity index (χ2n) is 9.44. The van der Waals surface area contributed by atoms with Crippen molar-refractivity contribution >= 4 is 11.3 Å². The van der Waals surface area contributed by atoms with Crippen molar-refractivity contribution in [2.75, 3.05) is 18.9 Å². The van der Waals surface area contributed by atoms with Crippen molar-refractivity contribution in [3.63, 3.8) is 0 Å². The quantitative estimate of drug-likeness (QED) is 0.345. The average molecular weight is 534 g/mol. The SMILES string of the molecule is Nc1nccn2c(C34COC(CO)(C3)C4)nc(-c3ccc(Oc4cccc(OC(F)(F)F)c4F)cc3F)c12. The molecule has 0 spiro atoms. The number of fused-ring (bicyclic) bond motifs is 2. The lowest BCUT2D eigenvalue weighted by molar-refractivity contribution is -0.275. The molecule has 2 aromatic heterocycles. The minimum absolute atomic E-state index is 0.0542. The molecule has 1 saturated carbocycles. The minimum atomic E-state index is -5.10. The van der Waals surface area contributed by atoms with Gasteiger partial charge in [-0.15, -0.1) is 13.2 Å². The largest absolute Gasteiger partial charge is 0.573 e. The summed E-state index contributed by atoms with van der Waals surface area (Å²) in [5, 5.41) is 9.69. The Morgan fingerprint density at radius 3 is 2.58 bits per heavy atom. The van der Waals surface area contributed by atoms with Crippen molar-refractivity contribution < 1.29 is 41.3 Å². The first-order chi connectivity index (χ1) is 18.0. The Hall–Kier alpha value is -3.97. The van der Waals surface area contributed by atoms with E-state index in [-0.39, 0.29) is 29.4 Å². The molecular formula is C25H19F5N4O4. The molecule has 2 aromatic carbocycles. The molecule has 3 N–H and O–H groups in total. The lowest BCUT2D eigenvalue weighted by Crippen LogP contribution is -2.50. The highest BCUT2D eigenvalue weighted by atomic mass is 19.4. The maximum atomic E-state index is 15.4. The van der Waals surface area contributed by atoms with Gasteiger partial charge in [-0.25, -0.2) is 14.4 Å². The van der Waals surface area contributed by atoms with Gasteiger partial charge in [0.25, 0.3) is 0 Å². The van der Waals surface area contributed by atoms with Gasteiger partial charge in [0.2, 0.25) is 5.82 Å². The third kappa shape index (κ3) is 3.80. The summed E-state index contributed by atoms with van der Waals surface area (Å²) in [5.74, 6) is -3.30. The van der Waals surface area contributed by atoms with Gasteiger partial charge in [-0.05, 0) is 37.1 Å². The summed E-state index contributed by atoms with van der Waals surface area (Å²) in [7, 11) is 0. The van der Waals surface area contributed by atoms with E-state index in [0.717, 1.165) is 24.3 Å². The number of nitrogen functional groups attached to an aromatic ring is 1. The molecule has 7 rings (SSSR count). The lowest BCUT2D eigenvalue weighted by atomic mass is 9.62. The summed E-state index contributed by atoms with van der Waals surface area (Å²) in [5.41, 5.74) is 5.71. The Labute approximate surface area is 211 Å². The standard InChI is InChI=1S/C25H19F5N4O4/c26-15-8-13(37-16-2-1-3-17(18(16)27)38-25(28,29)30)4-5-14(15)19-20-21(31)32-6-7-34(20)22(33-19)23-9-24(10-23,11-35)36-12-23/h1-8,35H,9-12H2,(H2,31,32). The number of aromatic nitrogens is 3. The summed E-state index contributed by atoms with van der Waals surface area (Å²) in [6, 6.07) is 6.61. The Bertz CT molecular complexity index is 1570. The third-order valence-corrected chi connectivity index (χ3v) is 6.90. The lowest BCUT2D eigenvalue weighted by Gasteiger charge is -2.42. The minimum Gasteiger partial charge on any atom is -0.454 e. The van der Waals surface area contributed by atoms with Crippen LogP contribution in [0.2, 0.25) is 0 Å². The molecule has 2 aliphatic heterocycles. The fraction of sp³-hybridized carbons (Fsp3) is 0.280. The van der Waals surface area contributed by atoms with Gasteiger partial charge in [0.05, 0.1) is 24.2 Å². The highest BCUT2D eigenvalue weighted by Gasteiger charge is 2.64. The zero-order valence-corrected chi connectivity index (χ0v) is 19.4. The second-order valence-corrected chi connectivity index (χ2v) is 9.44. The number of hydrogen-bond donors (Lipinski definition) is 2.